The third kappa shape index (κ3) is 3.17. The van der Waals surface area contributed by atoms with Crippen LogP contribution < -0.4 is 4.74 Å². The second-order valence-corrected chi connectivity index (χ2v) is 5.83. The minimum atomic E-state index is -0.922. The van der Waals surface area contributed by atoms with Gasteiger partial charge in [0.15, 0.2) is 0 Å². The number of aliphatic imine (C=N–C) groups is 1. The summed E-state index contributed by atoms with van der Waals surface area (Å²) >= 11 is 0. The van der Waals surface area contributed by atoms with E-state index in [0.29, 0.717) is 23.6 Å². The maximum atomic E-state index is 12.2. The third-order valence-corrected chi connectivity index (χ3v) is 4.06. The Morgan fingerprint density at radius 2 is 2.00 bits per heavy atom. The van der Waals surface area contributed by atoms with Gasteiger partial charge < -0.3 is 9.84 Å². The molecule has 0 radical (unpaired) electrons. The van der Waals surface area contributed by atoms with Crippen molar-refractivity contribution in [2.24, 2.45) is 10.9 Å². The highest BCUT2D eigenvalue weighted by Gasteiger charge is 2.38. The Hall–Kier alpha value is -2.46. The van der Waals surface area contributed by atoms with Crippen molar-refractivity contribution in [2.75, 3.05) is 0 Å². The van der Waals surface area contributed by atoms with E-state index in [-0.39, 0.29) is 0 Å². The van der Waals surface area contributed by atoms with Gasteiger partial charge in [-0.2, -0.15) is 0 Å². The number of carbonyl (C=O) groups is 1. The molecule has 0 aliphatic carbocycles. The molecule has 23 heavy (non-hydrogen) atoms. The first-order chi connectivity index (χ1) is 11.1. The molecule has 1 aliphatic heterocycles. The number of esters is 1. The Kier molecular flexibility index (Phi) is 4.26. The lowest BCUT2D eigenvalue weighted by Crippen LogP contribution is -2.36. The van der Waals surface area contributed by atoms with E-state index in [1.165, 1.54) is 5.56 Å². The summed E-state index contributed by atoms with van der Waals surface area (Å²) in [6.45, 7) is 4.27. The molecular weight excluding hydrogens is 290 g/mol. The fraction of sp³-hybridized carbons (Fsp3) is 0.263. The Morgan fingerprint density at radius 3 is 2.78 bits per heavy atom. The highest BCUT2D eigenvalue weighted by Crippen LogP contribution is 2.36. The van der Waals surface area contributed by atoms with E-state index in [1.54, 1.807) is 25.1 Å². The molecule has 2 atom stereocenters. The Morgan fingerprint density at radius 1 is 1.22 bits per heavy atom. The molecule has 118 valence electrons. The summed E-state index contributed by atoms with van der Waals surface area (Å²) in [5.74, 6) is -0.788. The van der Waals surface area contributed by atoms with Crippen LogP contribution in [0.5, 0.6) is 5.75 Å². The predicted molar refractivity (Wildman–Crippen MR) is 88.5 cm³/mol. The molecule has 0 spiro atoms. The zero-order valence-corrected chi connectivity index (χ0v) is 13.2. The van der Waals surface area contributed by atoms with E-state index >= 15 is 0 Å². The molecule has 1 aliphatic rings. The van der Waals surface area contributed by atoms with E-state index in [9.17, 15) is 9.90 Å². The second-order valence-electron chi connectivity index (χ2n) is 5.83. The van der Waals surface area contributed by atoms with Crippen LogP contribution in [0.1, 0.15) is 29.7 Å². The van der Waals surface area contributed by atoms with Crippen molar-refractivity contribution in [2.45, 2.75) is 26.5 Å². The number of hydrogen-bond acceptors (Lipinski definition) is 4. The molecule has 3 rings (SSSR count). The van der Waals surface area contributed by atoms with E-state index in [4.69, 9.17) is 4.74 Å². The van der Waals surface area contributed by atoms with Crippen LogP contribution in [0.2, 0.25) is 0 Å². The lowest BCUT2D eigenvalue weighted by molar-refractivity contribution is -0.141. The quantitative estimate of drug-likeness (QED) is 0.538. The summed E-state index contributed by atoms with van der Waals surface area (Å²) in [6.07, 6.45) is -0.922. The zero-order chi connectivity index (χ0) is 16.4. The topological polar surface area (TPSA) is 58.9 Å². The smallest absolute Gasteiger partial charge is 0.323 e. The van der Waals surface area contributed by atoms with E-state index < -0.39 is 18.0 Å². The van der Waals surface area contributed by atoms with Gasteiger partial charge in [0, 0.05) is 11.3 Å². The molecule has 1 heterocycles. The van der Waals surface area contributed by atoms with Gasteiger partial charge in [0.05, 0.1) is 6.54 Å². The second kappa shape index (κ2) is 6.34. The number of aliphatic hydroxyl groups is 1. The van der Waals surface area contributed by atoms with Crippen LogP contribution in [-0.4, -0.2) is 16.8 Å². The van der Waals surface area contributed by atoms with Crippen molar-refractivity contribution in [3.63, 3.8) is 0 Å². The highest BCUT2D eigenvalue weighted by atomic mass is 16.5. The Bertz CT molecular complexity index is 767. The molecule has 0 bridgehead atoms. The first kappa shape index (κ1) is 15.4. The molecule has 2 unspecified atom stereocenters. The highest BCUT2D eigenvalue weighted by molar-refractivity contribution is 6.03. The number of aliphatic hydroxyl groups excluding tert-OH is 1. The largest absolute Gasteiger partial charge is 0.426 e. The fourth-order valence-electron chi connectivity index (χ4n) is 2.82. The van der Waals surface area contributed by atoms with Gasteiger partial charge in [-0.25, -0.2) is 0 Å². The van der Waals surface area contributed by atoms with Crippen molar-refractivity contribution < 1.29 is 14.6 Å². The molecule has 4 nitrogen and oxygen atoms in total. The number of carbonyl (C=O) groups excluding carboxylic acids is 1. The Labute approximate surface area is 135 Å². The SMILES string of the molecule is CC(=NCc1cccc(C)c1)C1C(=O)Oc2ccccc2C1O. The third-order valence-electron chi connectivity index (χ3n) is 4.06. The minimum Gasteiger partial charge on any atom is -0.426 e. The van der Waals surface area contributed by atoms with Crippen LogP contribution in [0, 0.1) is 12.8 Å². The molecule has 0 fully saturated rings. The molecule has 0 saturated heterocycles. The number of rotatable bonds is 3. The van der Waals surface area contributed by atoms with E-state index in [0.717, 1.165) is 5.56 Å². The lowest BCUT2D eigenvalue weighted by atomic mass is 9.89. The number of ether oxygens (including phenoxy) is 1. The maximum Gasteiger partial charge on any atom is 0.323 e. The van der Waals surface area contributed by atoms with Crippen LogP contribution in [0.3, 0.4) is 0 Å². The van der Waals surface area contributed by atoms with Gasteiger partial charge in [-0.05, 0) is 25.5 Å². The van der Waals surface area contributed by atoms with Gasteiger partial charge in [0.1, 0.15) is 17.8 Å². The van der Waals surface area contributed by atoms with Crippen LogP contribution in [0.15, 0.2) is 53.5 Å². The number of nitrogens with zero attached hydrogens (tertiary/aromatic N) is 1. The first-order valence-electron chi connectivity index (χ1n) is 7.61. The fourth-order valence-corrected chi connectivity index (χ4v) is 2.82. The van der Waals surface area contributed by atoms with Gasteiger partial charge in [-0.15, -0.1) is 0 Å². The Balaban J connectivity index is 1.83. The van der Waals surface area contributed by atoms with Gasteiger partial charge in [0.25, 0.3) is 0 Å². The van der Waals surface area contributed by atoms with Crippen molar-refractivity contribution in [3.05, 3.63) is 65.2 Å². The average Bonchev–Trinajstić information content (AvgIpc) is 2.53. The molecule has 0 aromatic heterocycles. The summed E-state index contributed by atoms with van der Waals surface area (Å²) in [5.41, 5.74) is 3.45. The zero-order valence-electron chi connectivity index (χ0n) is 13.2. The van der Waals surface area contributed by atoms with Crippen LogP contribution in [0.25, 0.3) is 0 Å². The van der Waals surface area contributed by atoms with Crippen LogP contribution >= 0.6 is 0 Å². The summed E-state index contributed by atoms with van der Waals surface area (Å²) < 4.78 is 5.33. The lowest BCUT2D eigenvalue weighted by Gasteiger charge is -2.28. The molecule has 2 aromatic carbocycles. The summed E-state index contributed by atoms with van der Waals surface area (Å²) in [4.78, 5) is 16.7. The minimum absolute atomic E-state index is 0.424. The van der Waals surface area contributed by atoms with Crippen molar-refractivity contribution in [1.29, 1.82) is 0 Å². The average molecular weight is 309 g/mol. The van der Waals surface area contributed by atoms with Crippen LogP contribution in [0.4, 0.5) is 0 Å². The van der Waals surface area contributed by atoms with E-state index in [2.05, 4.69) is 11.1 Å². The number of benzene rings is 2. The molecule has 2 aromatic rings. The van der Waals surface area contributed by atoms with Crippen molar-refractivity contribution >= 4 is 11.7 Å². The van der Waals surface area contributed by atoms with Crippen molar-refractivity contribution in [1.82, 2.24) is 0 Å². The maximum absolute atomic E-state index is 12.2. The van der Waals surface area contributed by atoms with Gasteiger partial charge in [-0.1, -0.05) is 48.0 Å². The monoisotopic (exact) mass is 309 g/mol. The molecule has 0 amide bonds. The van der Waals surface area contributed by atoms with E-state index in [1.807, 2.05) is 31.2 Å². The molecule has 0 saturated carbocycles. The van der Waals surface area contributed by atoms with Gasteiger partial charge >= 0.3 is 5.97 Å². The molecule has 1 N–H and O–H groups in total. The molecular formula is C19H19NO3. The van der Waals surface area contributed by atoms with Crippen molar-refractivity contribution in [3.8, 4) is 5.75 Å². The van der Waals surface area contributed by atoms with Gasteiger partial charge in [0.2, 0.25) is 0 Å². The van der Waals surface area contributed by atoms with Gasteiger partial charge in [-0.3, -0.25) is 9.79 Å². The predicted octanol–water partition coefficient (Wildman–Crippen LogP) is 3.22. The first-order valence-corrected chi connectivity index (χ1v) is 7.61. The molecule has 4 heteroatoms. The number of aryl methyl sites for hydroxylation is 1. The number of para-hydroxylation sites is 1. The normalized spacial score (nSPS) is 20.8. The number of hydrogen-bond donors (Lipinski definition) is 1. The summed E-state index contributed by atoms with van der Waals surface area (Å²) in [7, 11) is 0. The standard InChI is InChI=1S/C19H19NO3/c1-12-6-5-7-14(10-12)11-20-13(2)17-18(21)15-8-3-4-9-16(15)23-19(17)22/h3-10,17-18,21H,11H2,1-2H3. The number of fused-ring (bicyclic) bond motifs is 1. The summed E-state index contributed by atoms with van der Waals surface area (Å²) in [6, 6.07) is 15.1. The summed E-state index contributed by atoms with van der Waals surface area (Å²) in [5, 5.41) is 10.5. The van der Waals surface area contributed by atoms with Crippen LogP contribution in [-0.2, 0) is 11.3 Å².